The first-order chi connectivity index (χ1) is 9.28. The number of nitrogens with one attached hydrogen (secondary N) is 2. The van der Waals surface area contributed by atoms with Crippen molar-refractivity contribution in [3.05, 3.63) is 44.7 Å². The summed E-state index contributed by atoms with van der Waals surface area (Å²) in [7, 11) is 0. The third-order valence-corrected chi connectivity index (χ3v) is 3.44. The van der Waals surface area contributed by atoms with Gasteiger partial charge in [-0.25, -0.2) is 0 Å². The predicted octanol–water partition coefficient (Wildman–Crippen LogP) is 2.18. The van der Waals surface area contributed by atoms with E-state index in [1.165, 1.54) is 6.07 Å². The van der Waals surface area contributed by atoms with E-state index < -0.39 is 5.54 Å². The number of fused-ring (bicyclic) bond motifs is 1. The van der Waals surface area contributed by atoms with Gasteiger partial charge in [-0.3, -0.25) is 9.59 Å². The van der Waals surface area contributed by atoms with E-state index in [9.17, 15) is 9.59 Å². The summed E-state index contributed by atoms with van der Waals surface area (Å²) in [5.74, 6) is -0.308. The third-order valence-electron chi connectivity index (χ3n) is 2.78. The first-order valence-corrected chi connectivity index (χ1v) is 6.96. The Morgan fingerprint density at radius 3 is 2.71 bits per heavy atom. The number of carbonyl (C=O) groups excluding carboxylic acids is 1. The summed E-state index contributed by atoms with van der Waals surface area (Å²) in [5.41, 5.74) is 5.96. The number of nitrogens with two attached hydrogens (primary N) is 1. The van der Waals surface area contributed by atoms with Gasteiger partial charge in [0.1, 0.15) is 0 Å². The molecule has 0 radical (unpaired) electrons. The molecule has 114 valence electrons. The number of aromatic nitrogens is 1. The number of amides is 1. The zero-order chi connectivity index (χ0) is 14.9. The molecule has 0 unspecified atom stereocenters. The Morgan fingerprint density at radius 2 is 2.10 bits per heavy atom. The number of hydrogen-bond acceptors (Lipinski definition) is 3. The van der Waals surface area contributed by atoms with E-state index in [2.05, 4.69) is 26.2 Å². The maximum atomic E-state index is 12.2. The van der Waals surface area contributed by atoms with Crippen LogP contribution >= 0.6 is 28.3 Å². The van der Waals surface area contributed by atoms with Gasteiger partial charge in [0.25, 0.3) is 5.91 Å². The summed E-state index contributed by atoms with van der Waals surface area (Å²) in [6, 6.07) is 6.71. The van der Waals surface area contributed by atoms with Gasteiger partial charge < -0.3 is 16.0 Å². The number of halogens is 2. The van der Waals surface area contributed by atoms with E-state index in [-0.39, 0.29) is 23.9 Å². The lowest BCUT2D eigenvalue weighted by atomic mass is 10.1. The fourth-order valence-electron chi connectivity index (χ4n) is 1.83. The minimum absolute atomic E-state index is 0. The summed E-state index contributed by atoms with van der Waals surface area (Å²) >= 11 is 3.36. The number of H-pyrrole nitrogens is 1. The number of benzene rings is 1. The smallest absolute Gasteiger partial charge is 0.252 e. The molecule has 1 aromatic heterocycles. The monoisotopic (exact) mass is 373 g/mol. The van der Waals surface area contributed by atoms with Crippen LogP contribution in [0.15, 0.2) is 33.5 Å². The van der Waals surface area contributed by atoms with Crippen molar-refractivity contribution >= 4 is 45.1 Å². The van der Waals surface area contributed by atoms with Crippen molar-refractivity contribution in [3.63, 3.8) is 0 Å². The quantitative estimate of drug-likeness (QED) is 0.769. The molecule has 1 heterocycles. The van der Waals surface area contributed by atoms with Crippen molar-refractivity contribution in [2.75, 3.05) is 6.54 Å². The van der Waals surface area contributed by atoms with E-state index >= 15 is 0 Å². The average Bonchev–Trinajstić information content (AvgIpc) is 2.35. The van der Waals surface area contributed by atoms with Crippen LogP contribution in [-0.4, -0.2) is 23.0 Å². The van der Waals surface area contributed by atoms with Gasteiger partial charge in [-0.1, -0.05) is 12.1 Å². The largest absolute Gasteiger partial charge is 0.350 e. The van der Waals surface area contributed by atoms with Crippen molar-refractivity contribution < 1.29 is 4.79 Å². The van der Waals surface area contributed by atoms with Crippen molar-refractivity contribution in [2.45, 2.75) is 19.4 Å². The molecule has 2 rings (SSSR count). The van der Waals surface area contributed by atoms with Crippen LogP contribution < -0.4 is 16.6 Å². The molecule has 1 aromatic carbocycles. The second-order valence-corrected chi connectivity index (χ2v) is 6.24. The number of aromatic amines is 1. The Bertz CT molecular complexity index is 722. The fourth-order valence-corrected chi connectivity index (χ4v) is 2.30. The lowest BCUT2D eigenvalue weighted by Crippen LogP contribution is -2.45. The molecule has 4 N–H and O–H groups in total. The van der Waals surface area contributed by atoms with Gasteiger partial charge in [0.05, 0.1) is 11.1 Å². The minimum Gasteiger partial charge on any atom is -0.350 e. The molecule has 0 aliphatic carbocycles. The molecular formula is C14H17BrClN3O2. The number of para-hydroxylation sites is 1. The number of pyridine rings is 1. The Balaban J connectivity index is 0.00000220. The van der Waals surface area contributed by atoms with E-state index in [1.54, 1.807) is 6.07 Å². The zero-order valence-corrected chi connectivity index (χ0v) is 14.1. The van der Waals surface area contributed by atoms with Crippen molar-refractivity contribution in [1.82, 2.24) is 10.3 Å². The maximum Gasteiger partial charge on any atom is 0.252 e. The second-order valence-electron chi connectivity index (χ2n) is 5.38. The highest BCUT2D eigenvalue weighted by Crippen LogP contribution is 2.23. The Labute approximate surface area is 136 Å². The number of rotatable bonds is 3. The molecule has 7 heteroatoms. The molecular weight excluding hydrogens is 358 g/mol. The van der Waals surface area contributed by atoms with Gasteiger partial charge in [-0.2, -0.15) is 0 Å². The summed E-state index contributed by atoms with van der Waals surface area (Å²) in [4.78, 5) is 26.6. The van der Waals surface area contributed by atoms with Crippen LogP contribution in [0.4, 0.5) is 0 Å². The molecule has 0 bridgehead atoms. The van der Waals surface area contributed by atoms with Gasteiger partial charge in [0.2, 0.25) is 5.56 Å². The first-order valence-electron chi connectivity index (χ1n) is 6.16. The van der Waals surface area contributed by atoms with Crippen LogP contribution in [-0.2, 0) is 0 Å². The SMILES string of the molecule is CC(C)(N)CNC(=O)c1cc(=O)[nH]c2c(Br)cccc12.Cl. The topological polar surface area (TPSA) is 88.0 Å². The van der Waals surface area contributed by atoms with Crippen LogP contribution in [0, 0.1) is 0 Å². The maximum absolute atomic E-state index is 12.2. The van der Waals surface area contributed by atoms with Gasteiger partial charge >= 0.3 is 0 Å². The Kier molecular flexibility index (Phi) is 5.55. The molecule has 21 heavy (non-hydrogen) atoms. The lowest BCUT2D eigenvalue weighted by molar-refractivity contribution is 0.0947. The van der Waals surface area contributed by atoms with Crippen molar-refractivity contribution in [1.29, 1.82) is 0 Å². The van der Waals surface area contributed by atoms with E-state index in [0.717, 1.165) is 4.47 Å². The summed E-state index contributed by atoms with van der Waals surface area (Å²) in [5, 5.41) is 3.43. The standard InChI is InChI=1S/C14H16BrN3O2.ClH/c1-14(2,16)7-17-13(20)9-6-11(19)18-12-8(9)4-3-5-10(12)15;/h3-6H,7,16H2,1-2H3,(H,17,20)(H,18,19);1H. The van der Waals surface area contributed by atoms with Crippen LogP contribution in [0.3, 0.4) is 0 Å². The van der Waals surface area contributed by atoms with E-state index in [0.29, 0.717) is 23.0 Å². The molecule has 0 aliphatic heterocycles. The van der Waals surface area contributed by atoms with Gasteiger partial charge in [-0.05, 0) is 35.8 Å². The fraction of sp³-hybridized carbons (Fsp3) is 0.286. The molecule has 5 nitrogen and oxygen atoms in total. The Morgan fingerprint density at radius 1 is 1.43 bits per heavy atom. The van der Waals surface area contributed by atoms with Crippen LogP contribution in [0.25, 0.3) is 10.9 Å². The van der Waals surface area contributed by atoms with Crippen LogP contribution in [0.2, 0.25) is 0 Å². The van der Waals surface area contributed by atoms with Crippen molar-refractivity contribution in [2.24, 2.45) is 5.73 Å². The second kappa shape index (κ2) is 6.60. The Hall–Kier alpha value is -1.37. The van der Waals surface area contributed by atoms with Gasteiger partial charge in [0, 0.05) is 28.0 Å². The van der Waals surface area contributed by atoms with E-state index in [4.69, 9.17) is 5.73 Å². The molecule has 1 amide bonds. The molecule has 0 fully saturated rings. The number of hydrogen-bond donors (Lipinski definition) is 3. The minimum atomic E-state index is -0.507. The highest BCUT2D eigenvalue weighted by atomic mass is 79.9. The molecule has 0 atom stereocenters. The first kappa shape index (κ1) is 17.7. The highest BCUT2D eigenvalue weighted by Gasteiger charge is 2.16. The number of carbonyl (C=O) groups is 1. The average molecular weight is 375 g/mol. The van der Waals surface area contributed by atoms with Crippen molar-refractivity contribution in [3.8, 4) is 0 Å². The summed E-state index contributed by atoms with van der Waals surface area (Å²) in [6.07, 6.45) is 0. The van der Waals surface area contributed by atoms with Crippen LogP contribution in [0.5, 0.6) is 0 Å². The lowest BCUT2D eigenvalue weighted by Gasteiger charge is -2.19. The highest BCUT2D eigenvalue weighted by molar-refractivity contribution is 9.10. The van der Waals surface area contributed by atoms with E-state index in [1.807, 2.05) is 26.0 Å². The van der Waals surface area contributed by atoms with Crippen LogP contribution in [0.1, 0.15) is 24.2 Å². The third kappa shape index (κ3) is 4.30. The molecule has 2 aromatic rings. The molecule has 0 aliphatic rings. The normalized spacial score (nSPS) is 11.0. The van der Waals surface area contributed by atoms with Gasteiger partial charge in [0.15, 0.2) is 0 Å². The molecule has 0 saturated carbocycles. The molecule has 0 spiro atoms. The predicted molar refractivity (Wildman–Crippen MR) is 90.1 cm³/mol. The summed E-state index contributed by atoms with van der Waals surface area (Å²) < 4.78 is 0.737. The summed E-state index contributed by atoms with van der Waals surface area (Å²) in [6.45, 7) is 3.97. The zero-order valence-electron chi connectivity index (χ0n) is 11.7. The van der Waals surface area contributed by atoms with Gasteiger partial charge in [-0.15, -0.1) is 12.4 Å². The molecule has 0 saturated heterocycles.